The van der Waals surface area contributed by atoms with Crippen molar-refractivity contribution >= 4 is 88.1 Å². The maximum atomic E-state index is 13.0. The summed E-state index contributed by atoms with van der Waals surface area (Å²) in [6, 6.07) is -0.666. The zero-order chi connectivity index (χ0) is 60.0. The van der Waals surface area contributed by atoms with E-state index >= 15 is 0 Å². The van der Waals surface area contributed by atoms with Crippen molar-refractivity contribution in [1.29, 1.82) is 0 Å². The number of carbonyl (C=O) groups excluding carboxylic acids is 11. The molecule has 0 radical (unpaired) electrons. The van der Waals surface area contributed by atoms with Crippen LogP contribution in [0.3, 0.4) is 0 Å². The second-order valence-electron chi connectivity index (χ2n) is 18.9. The highest BCUT2D eigenvalue weighted by atomic mass is 32.2. The SMILES string of the molecule is COCCCC(=O)[C@H](CCCCNC(=O)CCOCCOCCOCCOCCNC(=O)CCN1C(=O)CC(SCCC(C)=O)C1=O)NC(=O)CCOCCOCCOCCOCCNC(=O)CCN1C(=O)CC(SCCC(C)=O)C1=O. The Bertz CT molecular complexity index is 1940. The van der Waals surface area contributed by atoms with Crippen molar-refractivity contribution in [3.8, 4) is 0 Å². The van der Waals surface area contributed by atoms with Crippen LogP contribution in [0, 0.1) is 0 Å². The predicted molar refractivity (Wildman–Crippen MR) is 302 cm³/mol. The number of methoxy groups -OCH3 is 1. The molecule has 2 rings (SSSR count). The Morgan fingerprint density at radius 3 is 1.24 bits per heavy atom. The first-order valence-corrected chi connectivity index (χ1v) is 30.4. The van der Waals surface area contributed by atoms with Gasteiger partial charge in [0.05, 0.1) is 122 Å². The van der Waals surface area contributed by atoms with Crippen molar-refractivity contribution in [2.45, 2.75) is 114 Å². The van der Waals surface area contributed by atoms with Crippen molar-refractivity contribution in [3.63, 3.8) is 0 Å². The number of Topliss-reactive ketones (excluding diaryl/α,β-unsaturated/α-hetero) is 3. The summed E-state index contributed by atoms with van der Waals surface area (Å²) in [6.45, 7) is 9.03. The van der Waals surface area contributed by atoms with Crippen LogP contribution in [0.4, 0.5) is 0 Å². The van der Waals surface area contributed by atoms with Gasteiger partial charge in [0, 0.05) is 116 Å². The molecule has 82 heavy (non-hydrogen) atoms. The van der Waals surface area contributed by atoms with E-state index in [1.165, 1.54) is 37.4 Å². The number of likely N-dealkylation sites (tertiary alicyclic amines) is 2. The van der Waals surface area contributed by atoms with E-state index in [1.807, 2.05) is 0 Å². The lowest BCUT2D eigenvalue weighted by molar-refractivity contribution is -0.140. The molecule has 26 nitrogen and oxygen atoms in total. The molecule has 0 bridgehead atoms. The van der Waals surface area contributed by atoms with E-state index < -0.39 is 16.5 Å². The number of unbranched alkanes of at least 4 members (excludes halogenated alkanes) is 1. The summed E-state index contributed by atoms with van der Waals surface area (Å²) in [4.78, 5) is 136. The van der Waals surface area contributed by atoms with Gasteiger partial charge in [0.15, 0.2) is 5.78 Å². The average Bonchev–Trinajstić information content (AvgIpc) is 3.93. The minimum atomic E-state index is -0.666. The fraction of sp³-hybridized carbons (Fsp3) is 0.796. The topological polar surface area (TPSA) is 325 Å². The molecule has 2 aliphatic rings. The minimum Gasteiger partial charge on any atom is -0.385 e. The fourth-order valence-electron chi connectivity index (χ4n) is 7.64. The highest BCUT2D eigenvalue weighted by Crippen LogP contribution is 2.27. The van der Waals surface area contributed by atoms with Crippen LogP contribution < -0.4 is 21.3 Å². The lowest BCUT2D eigenvalue weighted by Crippen LogP contribution is -2.41. The zero-order valence-electron chi connectivity index (χ0n) is 48.3. The molecular formula is C54H90N6O20S2. The molecule has 28 heteroatoms. The van der Waals surface area contributed by atoms with Gasteiger partial charge >= 0.3 is 0 Å². The molecule has 2 fully saturated rings. The highest BCUT2D eigenvalue weighted by Gasteiger charge is 2.39. The summed E-state index contributed by atoms with van der Waals surface area (Å²) >= 11 is 2.59. The summed E-state index contributed by atoms with van der Waals surface area (Å²) < 4.78 is 49.0. The summed E-state index contributed by atoms with van der Waals surface area (Å²) in [5, 5.41) is 10.1. The normalized spacial score (nSPS) is 15.5. The molecule has 0 aromatic heterocycles. The van der Waals surface area contributed by atoms with Gasteiger partial charge < -0.3 is 63.9 Å². The third kappa shape index (κ3) is 37.0. The monoisotopic (exact) mass is 1210 g/mol. The van der Waals surface area contributed by atoms with Crippen LogP contribution in [0.2, 0.25) is 0 Å². The average molecular weight is 1210 g/mol. The van der Waals surface area contributed by atoms with E-state index in [2.05, 4.69) is 21.3 Å². The number of thioether (sulfide) groups is 2. The number of hydrogen-bond acceptors (Lipinski definition) is 22. The van der Waals surface area contributed by atoms with Gasteiger partial charge in [-0.2, -0.15) is 0 Å². The molecule has 0 aromatic rings. The molecule has 0 spiro atoms. The quantitative estimate of drug-likeness (QED) is 0.0472. The maximum Gasteiger partial charge on any atom is 0.242 e. The van der Waals surface area contributed by atoms with Crippen molar-refractivity contribution < 1.29 is 95.4 Å². The van der Waals surface area contributed by atoms with Gasteiger partial charge in [-0.25, -0.2) is 0 Å². The predicted octanol–water partition coefficient (Wildman–Crippen LogP) is 0.359. The molecule has 0 aromatic carbocycles. The fourth-order valence-corrected chi connectivity index (χ4v) is 10.1. The zero-order valence-corrected chi connectivity index (χ0v) is 49.9. The van der Waals surface area contributed by atoms with Crippen LogP contribution in [-0.2, 0) is 95.4 Å². The summed E-state index contributed by atoms with van der Waals surface area (Å²) in [5.41, 5.74) is 0. The third-order valence-electron chi connectivity index (χ3n) is 12.1. The number of carbonyl (C=O) groups is 11. The first kappa shape index (κ1) is 73.6. The Morgan fingerprint density at radius 1 is 0.451 bits per heavy atom. The Morgan fingerprint density at radius 2 is 0.829 bits per heavy atom. The van der Waals surface area contributed by atoms with E-state index in [9.17, 15) is 52.7 Å². The molecule has 3 atom stereocenters. The maximum absolute atomic E-state index is 13.0. The summed E-state index contributed by atoms with van der Waals surface area (Å²) in [5.74, 6) is -1.42. The molecule has 2 aliphatic heterocycles. The Labute approximate surface area is 490 Å². The van der Waals surface area contributed by atoms with E-state index in [1.54, 1.807) is 7.11 Å². The number of rotatable bonds is 55. The third-order valence-corrected chi connectivity index (χ3v) is 14.6. The van der Waals surface area contributed by atoms with E-state index in [4.69, 9.17) is 42.6 Å². The van der Waals surface area contributed by atoms with Gasteiger partial charge in [0.1, 0.15) is 11.6 Å². The number of ether oxygens (including phenoxy) is 9. The largest absolute Gasteiger partial charge is 0.385 e. The molecule has 0 aliphatic carbocycles. The van der Waals surface area contributed by atoms with Gasteiger partial charge in [-0.3, -0.25) is 62.5 Å². The summed E-state index contributed by atoms with van der Waals surface area (Å²) in [7, 11) is 1.56. The number of nitrogens with one attached hydrogen (secondary N) is 4. The number of amides is 8. The van der Waals surface area contributed by atoms with Crippen molar-refractivity contribution in [1.82, 2.24) is 31.1 Å². The van der Waals surface area contributed by atoms with Crippen molar-refractivity contribution in [3.05, 3.63) is 0 Å². The lowest BCUT2D eigenvalue weighted by Gasteiger charge is -2.18. The molecule has 4 N–H and O–H groups in total. The second-order valence-corrected chi connectivity index (χ2v) is 21.5. The van der Waals surface area contributed by atoms with Gasteiger partial charge in [-0.05, 0) is 39.5 Å². The Kier molecular flexibility index (Phi) is 42.9. The lowest BCUT2D eigenvalue weighted by atomic mass is 10.0. The van der Waals surface area contributed by atoms with Gasteiger partial charge in [-0.15, -0.1) is 23.5 Å². The first-order valence-electron chi connectivity index (χ1n) is 28.3. The molecule has 2 heterocycles. The Balaban J connectivity index is 1.38. The smallest absolute Gasteiger partial charge is 0.242 e. The molecule has 2 unspecified atom stereocenters. The second kappa shape index (κ2) is 47.8. The number of nitrogens with zero attached hydrogens (tertiary/aromatic N) is 2. The number of hydrogen-bond donors (Lipinski definition) is 4. The number of ketones is 3. The van der Waals surface area contributed by atoms with Crippen LogP contribution in [0.1, 0.15) is 97.3 Å². The molecule has 468 valence electrons. The van der Waals surface area contributed by atoms with Crippen molar-refractivity contribution in [2.75, 3.05) is 164 Å². The van der Waals surface area contributed by atoms with Crippen LogP contribution in [-0.4, -0.2) is 255 Å². The molecule has 8 amide bonds. The Hall–Kier alpha value is -4.49. The van der Waals surface area contributed by atoms with E-state index in [0.29, 0.717) is 136 Å². The molecule has 2 saturated heterocycles. The van der Waals surface area contributed by atoms with Gasteiger partial charge in [0.2, 0.25) is 47.3 Å². The van der Waals surface area contributed by atoms with E-state index in [-0.39, 0.29) is 169 Å². The highest BCUT2D eigenvalue weighted by molar-refractivity contribution is 8.00. The van der Waals surface area contributed by atoms with E-state index in [0.717, 1.165) is 9.80 Å². The number of imide groups is 2. The minimum absolute atomic E-state index is 0.00566. The van der Waals surface area contributed by atoms with Gasteiger partial charge in [0.25, 0.3) is 0 Å². The summed E-state index contributed by atoms with van der Waals surface area (Å²) in [6.07, 6.45) is 3.49. The van der Waals surface area contributed by atoms with Crippen molar-refractivity contribution in [2.24, 2.45) is 0 Å². The molecular weight excluding hydrogens is 1120 g/mol. The van der Waals surface area contributed by atoms with Crippen LogP contribution in [0.15, 0.2) is 0 Å². The first-order chi connectivity index (χ1) is 39.6. The standard InChI is InChI=1S/C54H90N6O20S2/c1-41(61)13-37-81-45-39-51(68)59(53(45)70)18-9-47(64)56-16-23-75-27-31-79-35-33-77-29-25-73-21-11-49(66)55-15-5-4-7-43(44(63)8-6-20-72-3)58-50(67)12-22-74-26-30-78-34-36-80-32-28-76-24-17-57-48(65)10-19-60-52(69)40-46(54(60)71)82-38-14-42(2)62/h43,45-46H,4-40H2,1-3H3,(H,55,66)(H,56,64)(H,57,65)(H,58,67)/t43-,45?,46?/m0/s1. The molecule has 0 saturated carbocycles. The van der Waals surface area contributed by atoms with Crippen LogP contribution in [0.5, 0.6) is 0 Å². The van der Waals surface area contributed by atoms with Crippen LogP contribution >= 0.6 is 23.5 Å². The van der Waals surface area contributed by atoms with Crippen LogP contribution in [0.25, 0.3) is 0 Å². The van der Waals surface area contributed by atoms with Gasteiger partial charge in [-0.1, -0.05) is 0 Å².